The Bertz CT molecular complexity index is 1490. The van der Waals surface area contributed by atoms with Crippen LogP contribution in [-0.4, -0.2) is 26.0 Å². The van der Waals surface area contributed by atoms with Crippen molar-refractivity contribution in [3.63, 3.8) is 0 Å². The summed E-state index contributed by atoms with van der Waals surface area (Å²) < 4.78 is 18.8. The standard InChI is InChI=1S/C29H23BrINO5/c1-15-23(29(34)36-3)24(25-26(32-15)19-6-4-5-7-20(19)27(25)33)17-12-21(31)28(22(13-17)35-2)37-14-16-8-10-18(30)11-9-16/h4-13,24,32H,14H2,1-3H3/t24-/m0/s1. The van der Waals surface area contributed by atoms with Crippen molar-refractivity contribution >= 4 is 56.0 Å². The summed E-state index contributed by atoms with van der Waals surface area (Å²) in [4.78, 5) is 26.6. The van der Waals surface area contributed by atoms with Crippen LogP contribution >= 0.6 is 38.5 Å². The van der Waals surface area contributed by atoms with Gasteiger partial charge in [0.25, 0.3) is 0 Å². The van der Waals surface area contributed by atoms with Gasteiger partial charge in [0.05, 0.1) is 29.1 Å². The van der Waals surface area contributed by atoms with Gasteiger partial charge in [-0.2, -0.15) is 0 Å². The van der Waals surface area contributed by atoms with E-state index in [0.29, 0.717) is 40.5 Å². The summed E-state index contributed by atoms with van der Waals surface area (Å²) in [7, 11) is 2.92. The largest absolute Gasteiger partial charge is 0.493 e. The number of Topliss-reactive ketones (excluding diaryl/α,β-unsaturated/α-hetero) is 1. The number of hydrogen-bond donors (Lipinski definition) is 1. The highest BCUT2D eigenvalue weighted by Gasteiger charge is 2.43. The van der Waals surface area contributed by atoms with Crippen molar-refractivity contribution in [1.29, 1.82) is 0 Å². The molecule has 1 aliphatic heterocycles. The van der Waals surface area contributed by atoms with Gasteiger partial charge in [-0.15, -0.1) is 0 Å². The highest BCUT2D eigenvalue weighted by Crippen LogP contribution is 2.48. The van der Waals surface area contributed by atoms with Gasteiger partial charge >= 0.3 is 5.97 Å². The lowest BCUT2D eigenvalue weighted by Crippen LogP contribution is -2.29. The number of halogens is 2. The average Bonchev–Trinajstić information content (AvgIpc) is 3.18. The molecule has 0 bridgehead atoms. The number of benzene rings is 3. The molecule has 0 saturated heterocycles. The number of ketones is 1. The first-order valence-corrected chi connectivity index (χ1v) is 13.4. The van der Waals surface area contributed by atoms with Crippen molar-refractivity contribution in [2.24, 2.45) is 0 Å². The maximum atomic E-state index is 13.6. The van der Waals surface area contributed by atoms with Gasteiger partial charge in [0.15, 0.2) is 17.3 Å². The Morgan fingerprint density at radius 1 is 1.05 bits per heavy atom. The maximum absolute atomic E-state index is 13.6. The molecule has 188 valence electrons. The zero-order valence-corrected chi connectivity index (χ0v) is 24.1. The van der Waals surface area contributed by atoms with Gasteiger partial charge in [0, 0.05) is 32.8 Å². The van der Waals surface area contributed by atoms with E-state index >= 15 is 0 Å². The topological polar surface area (TPSA) is 73.9 Å². The number of carbonyl (C=O) groups excluding carboxylic acids is 2. The first kappa shape index (κ1) is 25.5. The summed E-state index contributed by atoms with van der Waals surface area (Å²) in [6, 6.07) is 19.1. The minimum Gasteiger partial charge on any atom is -0.493 e. The van der Waals surface area contributed by atoms with Crippen molar-refractivity contribution in [2.45, 2.75) is 19.4 Å². The van der Waals surface area contributed by atoms with Crippen molar-refractivity contribution in [2.75, 3.05) is 14.2 Å². The average molecular weight is 672 g/mol. The Morgan fingerprint density at radius 3 is 2.43 bits per heavy atom. The molecular formula is C29H23BrINO5. The lowest BCUT2D eigenvalue weighted by Gasteiger charge is -2.29. The van der Waals surface area contributed by atoms with Crippen LogP contribution in [0, 0.1) is 3.57 Å². The highest BCUT2D eigenvalue weighted by atomic mass is 127. The van der Waals surface area contributed by atoms with Gasteiger partial charge in [0.1, 0.15) is 6.61 Å². The van der Waals surface area contributed by atoms with Crippen molar-refractivity contribution in [1.82, 2.24) is 5.32 Å². The van der Waals surface area contributed by atoms with E-state index in [9.17, 15) is 9.59 Å². The van der Waals surface area contributed by atoms with E-state index < -0.39 is 11.9 Å². The molecule has 3 aromatic carbocycles. The second kappa shape index (κ2) is 10.3. The normalized spacial score (nSPS) is 16.2. The van der Waals surface area contributed by atoms with Gasteiger partial charge < -0.3 is 19.5 Å². The lowest BCUT2D eigenvalue weighted by molar-refractivity contribution is -0.136. The van der Waals surface area contributed by atoms with Crippen LogP contribution < -0.4 is 14.8 Å². The fourth-order valence-corrected chi connectivity index (χ4v) is 5.87. The Labute approximate surface area is 237 Å². The van der Waals surface area contributed by atoms with Gasteiger partial charge in [-0.1, -0.05) is 52.3 Å². The fourth-order valence-electron chi connectivity index (χ4n) is 4.83. The van der Waals surface area contributed by atoms with Crippen molar-refractivity contribution < 1.29 is 23.8 Å². The smallest absolute Gasteiger partial charge is 0.336 e. The number of methoxy groups -OCH3 is 2. The van der Waals surface area contributed by atoms with Crippen molar-refractivity contribution in [3.05, 3.63) is 108 Å². The van der Waals surface area contributed by atoms with E-state index in [1.54, 1.807) is 7.11 Å². The number of hydrogen-bond acceptors (Lipinski definition) is 6. The third-order valence-electron chi connectivity index (χ3n) is 6.54. The van der Waals surface area contributed by atoms with E-state index in [2.05, 4.69) is 43.8 Å². The molecule has 0 radical (unpaired) electrons. The number of dihydropyridines is 1. The zero-order valence-electron chi connectivity index (χ0n) is 20.4. The number of allylic oxidation sites excluding steroid dienone is 2. The molecule has 6 nitrogen and oxygen atoms in total. The van der Waals surface area contributed by atoms with E-state index in [1.165, 1.54) is 7.11 Å². The highest BCUT2D eigenvalue weighted by molar-refractivity contribution is 14.1. The summed E-state index contributed by atoms with van der Waals surface area (Å²) in [5.41, 5.74) is 5.47. The Balaban J connectivity index is 1.60. The summed E-state index contributed by atoms with van der Waals surface area (Å²) >= 11 is 5.65. The number of nitrogens with one attached hydrogen (secondary N) is 1. The lowest BCUT2D eigenvalue weighted by atomic mass is 9.79. The quantitative estimate of drug-likeness (QED) is 0.242. The molecule has 8 heteroatoms. The molecule has 0 fully saturated rings. The van der Waals surface area contributed by atoms with Gasteiger partial charge in [-0.3, -0.25) is 4.79 Å². The Morgan fingerprint density at radius 2 is 1.76 bits per heavy atom. The molecule has 2 aliphatic rings. The van der Waals surface area contributed by atoms with Crippen LogP contribution in [0.2, 0.25) is 0 Å². The summed E-state index contributed by atoms with van der Waals surface area (Å²) in [6.07, 6.45) is 0. The summed E-state index contributed by atoms with van der Waals surface area (Å²) in [5, 5.41) is 3.30. The molecule has 1 aliphatic carbocycles. The summed E-state index contributed by atoms with van der Waals surface area (Å²) in [6.45, 7) is 2.19. The van der Waals surface area contributed by atoms with Crippen LogP contribution in [0.3, 0.4) is 0 Å². The Hall–Kier alpha value is -3.11. The molecule has 0 spiro atoms. The molecule has 1 N–H and O–H groups in total. The molecular weight excluding hydrogens is 649 g/mol. The molecule has 3 aromatic rings. The second-order valence-electron chi connectivity index (χ2n) is 8.70. The first-order chi connectivity index (χ1) is 17.8. The van der Waals surface area contributed by atoms with E-state index in [1.807, 2.05) is 67.6 Å². The molecule has 0 saturated carbocycles. The van der Waals surface area contributed by atoms with Gasteiger partial charge in [-0.05, 0) is 64.9 Å². The van der Waals surface area contributed by atoms with Gasteiger partial charge in [0.2, 0.25) is 0 Å². The van der Waals surface area contributed by atoms with Crippen LogP contribution in [0.4, 0.5) is 0 Å². The second-order valence-corrected chi connectivity index (χ2v) is 10.8. The minimum absolute atomic E-state index is 0.110. The predicted octanol–water partition coefficient (Wildman–Crippen LogP) is 6.38. The van der Waals surface area contributed by atoms with E-state index in [4.69, 9.17) is 14.2 Å². The van der Waals surface area contributed by atoms with E-state index in [-0.39, 0.29) is 5.78 Å². The fraction of sp³-hybridized carbons (Fsp3) is 0.172. The SMILES string of the molecule is COC(=O)C1=C(C)NC2=C(C(=O)c3ccccc32)[C@H]1c1cc(I)c(OCc2ccc(Br)cc2)c(OC)c1. The van der Waals surface area contributed by atoms with Crippen LogP contribution in [0.15, 0.2) is 82.0 Å². The van der Waals surface area contributed by atoms with Gasteiger partial charge in [-0.25, -0.2) is 4.79 Å². The monoisotopic (exact) mass is 671 g/mol. The molecule has 0 amide bonds. The molecule has 1 atom stereocenters. The zero-order chi connectivity index (χ0) is 26.3. The number of ether oxygens (including phenoxy) is 3. The maximum Gasteiger partial charge on any atom is 0.336 e. The van der Waals surface area contributed by atoms with Crippen LogP contribution in [0.5, 0.6) is 11.5 Å². The number of esters is 1. The number of carbonyl (C=O) groups is 2. The first-order valence-electron chi connectivity index (χ1n) is 11.5. The minimum atomic E-state index is -0.633. The molecule has 37 heavy (non-hydrogen) atoms. The third kappa shape index (κ3) is 4.57. The molecule has 5 rings (SSSR count). The summed E-state index contributed by atoms with van der Waals surface area (Å²) in [5.74, 6) is -0.119. The number of fused-ring (bicyclic) bond motifs is 2. The predicted molar refractivity (Wildman–Crippen MR) is 152 cm³/mol. The number of rotatable bonds is 6. The Kier molecular flexibility index (Phi) is 7.13. The third-order valence-corrected chi connectivity index (χ3v) is 7.87. The van der Waals surface area contributed by atoms with Crippen LogP contribution in [-0.2, 0) is 16.1 Å². The van der Waals surface area contributed by atoms with E-state index in [0.717, 1.165) is 30.4 Å². The van der Waals surface area contributed by atoms with Crippen LogP contribution in [0.1, 0.15) is 39.9 Å². The molecule has 0 unspecified atom stereocenters. The molecule has 1 heterocycles. The molecule has 0 aromatic heterocycles. The van der Waals surface area contributed by atoms with Crippen molar-refractivity contribution in [3.8, 4) is 11.5 Å². The van der Waals surface area contributed by atoms with Crippen LogP contribution in [0.25, 0.3) is 5.70 Å².